The van der Waals surface area contributed by atoms with Crippen molar-refractivity contribution in [3.05, 3.63) is 68.8 Å². The number of non-ortho nitro benzene ring substituents is 1. The van der Waals surface area contributed by atoms with Gasteiger partial charge in [-0.3, -0.25) is 25.0 Å². The number of quaternary nitrogens is 1. The minimum Gasteiger partial charge on any atom is -0.428 e. The predicted molar refractivity (Wildman–Crippen MR) is 132 cm³/mol. The lowest BCUT2D eigenvalue weighted by atomic mass is 9.94. The Kier molecular flexibility index (Phi) is 8.27. The molecule has 0 N–H and O–H groups in total. The van der Waals surface area contributed by atoms with E-state index in [4.69, 9.17) is 18.9 Å². The van der Waals surface area contributed by atoms with Crippen molar-refractivity contribution in [2.75, 3.05) is 26.8 Å². The van der Waals surface area contributed by atoms with Crippen LogP contribution in [0.15, 0.2) is 53.4 Å². The van der Waals surface area contributed by atoms with Crippen LogP contribution in [0.3, 0.4) is 0 Å². The fourth-order valence-electron chi connectivity index (χ4n) is 4.39. The third kappa shape index (κ3) is 6.55. The molecule has 12 nitrogen and oxygen atoms in total. The second kappa shape index (κ2) is 11.4. The molecule has 0 aromatic heterocycles. The number of benzene rings is 2. The normalized spacial score (nSPS) is 20.2. The first kappa shape index (κ1) is 26.8. The number of likely N-dealkylation sites (N-methyl/N-ethyl adjacent to an activating group) is 1. The van der Waals surface area contributed by atoms with Crippen molar-refractivity contribution in [2.24, 2.45) is 0 Å². The molecule has 1 saturated carbocycles. The molecule has 4 rings (SSSR count). The molecule has 2 unspecified atom stereocenters. The molecular formula is C24H28N3O9S+. The van der Waals surface area contributed by atoms with Crippen LogP contribution >= 0.6 is 11.9 Å². The van der Waals surface area contributed by atoms with Gasteiger partial charge < -0.3 is 14.2 Å². The average Bonchev–Trinajstić information content (AvgIpc) is 3.29. The topological polar surface area (TPSA) is 140 Å². The zero-order valence-electron chi connectivity index (χ0n) is 20.3. The first-order valence-electron chi connectivity index (χ1n) is 11.9. The molecular weight excluding hydrogens is 506 g/mol. The van der Waals surface area contributed by atoms with Gasteiger partial charge in [-0.2, -0.15) is 0 Å². The minimum absolute atomic E-state index is 0.0263. The summed E-state index contributed by atoms with van der Waals surface area (Å²) >= 11 is 1.25. The van der Waals surface area contributed by atoms with E-state index < -0.39 is 28.0 Å². The van der Waals surface area contributed by atoms with Gasteiger partial charge in [-0.15, -0.1) is 0 Å². The largest absolute Gasteiger partial charge is 0.514 e. The SMILES string of the molecule is C[N+](CCOC(=O)Oc1ccc([N+](=O)[O-])cc1)(Sc1ccccc1[N+](=O)[O-])C1COC2(CCCCC2)O1. The Morgan fingerprint density at radius 3 is 2.46 bits per heavy atom. The van der Waals surface area contributed by atoms with Crippen LogP contribution in [0, 0.1) is 20.2 Å². The molecule has 0 amide bonds. The predicted octanol–water partition coefficient (Wildman–Crippen LogP) is 5.21. The molecule has 0 radical (unpaired) electrons. The van der Waals surface area contributed by atoms with Crippen molar-refractivity contribution in [3.8, 4) is 5.75 Å². The van der Waals surface area contributed by atoms with E-state index in [2.05, 4.69) is 0 Å². The van der Waals surface area contributed by atoms with E-state index in [1.165, 1.54) is 42.3 Å². The first-order chi connectivity index (χ1) is 17.7. The lowest BCUT2D eigenvalue weighted by Crippen LogP contribution is -2.51. The lowest BCUT2D eigenvalue weighted by Gasteiger charge is -2.37. The Morgan fingerprint density at radius 1 is 1.08 bits per heavy atom. The highest BCUT2D eigenvalue weighted by Crippen LogP contribution is 2.44. The molecule has 198 valence electrons. The summed E-state index contributed by atoms with van der Waals surface area (Å²) in [4.78, 5) is 34.1. The quantitative estimate of drug-likeness (QED) is 0.105. The molecule has 1 aliphatic heterocycles. The van der Waals surface area contributed by atoms with E-state index in [0.717, 1.165) is 32.1 Å². The highest BCUT2D eigenvalue weighted by Gasteiger charge is 2.51. The number of carbonyl (C=O) groups is 1. The van der Waals surface area contributed by atoms with Gasteiger partial charge >= 0.3 is 6.16 Å². The van der Waals surface area contributed by atoms with Gasteiger partial charge in [0.2, 0.25) is 6.23 Å². The molecule has 2 aromatic carbocycles. The summed E-state index contributed by atoms with van der Waals surface area (Å²) in [5.41, 5.74) is -0.156. The molecule has 1 heterocycles. The monoisotopic (exact) mass is 534 g/mol. The van der Waals surface area contributed by atoms with Crippen LogP contribution in [0.1, 0.15) is 32.1 Å². The third-order valence-corrected chi connectivity index (χ3v) is 7.81. The van der Waals surface area contributed by atoms with Crippen LogP contribution in [0.4, 0.5) is 16.2 Å². The van der Waals surface area contributed by atoms with Gasteiger partial charge in [0, 0.05) is 31.0 Å². The number of rotatable bonds is 9. The van der Waals surface area contributed by atoms with Gasteiger partial charge in [0.1, 0.15) is 42.4 Å². The molecule has 37 heavy (non-hydrogen) atoms. The number of nitrogens with zero attached hydrogens (tertiary/aromatic N) is 3. The maximum absolute atomic E-state index is 12.2. The van der Waals surface area contributed by atoms with Gasteiger partial charge in [0.15, 0.2) is 5.79 Å². The second-order valence-electron chi connectivity index (χ2n) is 9.02. The van der Waals surface area contributed by atoms with Crippen LogP contribution in [-0.4, -0.2) is 58.7 Å². The van der Waals surface area contributed by atoms with Crippen LogP contribution < -0.4 is 4.74 Å². The summed E-state index contributed by atoms with van der Waals surface area (Å²) in [6.07, 6.45) is 3.30. The highest BCUT2D eigenvalue weighted by molar-refractivity contribution is 7.94. The summed E-state index contributed by atoms with van der Waals surface area (Å²) < 4.78 is 23.1. The van der Waals surface area contributed by atoms with Gasteiger partial charge in [-0.05, 0) is 31.0 Å². The Hall–Kier alpha value is -3.26. The number of nitro groups is 2. The van der Waals surface area contributed by atoms with E-state index in [-0.39, 0.29) is 34.2 Å². The van der Waals surface area contributed by atoms with Crippen molar-refractivity contribution in [1.29, 1.82) is 0 Å². The van der Waals surface area contributed by atoms with Crippen molar-refractivity contribution in [2.45, 2.75) is 49.0 Å². The number of para-hydroxylation sites is 1. The molecule has 0 bridgehead atoms. The summed E-state index contributed by atoms with van der Waals surface area (Å²) in [5, 5.41) is 22.4. The zero-order chi connectivity index (χ0) is 26.5. The highest BCUT2D eigenvalue weighted by atomic mass is 32.2. The van der Waals surface area contributed by atoms with Crippen molar-refractivity contribution in [3.63, 3.8) is 0 Å². The van der Waals surface area contributed by atoms with Crippen molar-refractivity contribution < 1.29 is 37.5 Å². The third-order valence-electron chi connectivity index (χ3n) is 6.44. The lowest BCUT2D eigenvalue weighted by molar-refractivity contribution is -0.828. The first-order valence-corrected chi connectivity index (χ1v) is 12.7. The summed E-state index contributed by atoms with van der Waals surface area (Å²) in [6, 6.07) is 11.5. The zero-order valence-corrected chi connectivity index (χ0v) is 21.1. The van der Waals surface area contributed by atoms with E-state index in [9.17, 15) is 25.0 Å². The van der Waals surface area contributed by atoms with E-state index in [1.54, 1.807) is 18.2 Å². The average molecular weight is 535 g/mol. The fraction of sp³-hybridized carbons (Fsp3) is 0.458. The number of carbonyl (C=O) groups excluding carboxylic acids is 1. The van der Waals surface area contributed by atoms with E-state index in [0.29, 0.717) is 11.5 Å². The Bertz CT molecular complexity index is 1140. The number of ether oxygens (including phenoxy) is 4. The minimum atomic E-state index is -0.969. The smallest absolute Gasteiger partial charge is 0.428 e. The van der Waals surface area contributed by atoms with Crippen LogP contribution in [0.2, 0.25) is 0 Å². The number of hydrogen-bond acceptors (Lipinski definition) is 10. The van der Waals surface area contributed by atoms with Gasteiger partial charge in [0.05, 0.1) is 16.9 Å². The van der Waals surface area contributed by atoms with Crippen LogP contribution in [0.25, 0.3) is 0 Å². The van der Waals surface area contributed by atoms with Gasteiger partial charge in [0.25, 0.3) is 11.4 Å². The number of hydrogen-bond donors (Lipinski definition) is 0. The van der Waals surface area contributed by atoms with Crippen LogP contribution in [-0.2, 0) is 14.2 Å². The Balaban J connectivity index is 1.44. The molecule has 1 saturated heterocycles. The second-order valence-corrected chi connectivity index (χ2v) is 10.5. The summed E-state index contributed by atoms with van der Waals surface area (Å²) in [5.74, 6) is -0.546. The standard InChI is InChI=1S/C24H28N3O9S/c1-27(37-21-8-4-3-7-20(21)26(31)32,22-17-34-24(36-22)13-5-2-6-14-24)15-16-33-23(28)35-19-11-9-18(10-12-19)25(29)30/h3-4,7-12,22H,2,5-6,13-17H2,1H3/q+1. The number of nitro benzene ring substituents is 2. The molecule has 2 aliphatic rings. The summed E-state index contributed by atoms with van der Waals surface area (Å²) in [6.45, 7) is 0.483. The van der Waals surface area contributed by atoms with Gasteiger partial charge in [-0.1, -0.05) is 18.6 Å². The van der Waals surface area contributed by atoms with E-state index >= 15 is 0 Å². The summed E-state index contributed by atoms with van der Waals surface area (Å²) in [7, 11) is 1.86. The Labute approximate surface area is 217 Å². The van der Waals surface area contributed by atoms with Crippen LogP contribution in [0.5, 0.6) is 5.75 Å². The molecule has 13 heteroatoms. The molecule has 2 atom stereocenters. The van der Waals surface area contributed by atoms with Crippen molar-refractivity contribution in [1.82, 2.24) is 0 Å². The van der Waals surface area contributed by atoms with E-state index in [1.807, 2.05) is 7.05 Å². The molecule has 1 spiro atoms. The van der Waals surface area contributed by atoms with Crippen molar-refractivity contribution >= 4 is 29.5 Å². The fourth-order valence-corrected chi connectivity index (χ4v) is 5.60. The molecule has 2 aromatic rings. The maximum atomic E-state index is 12.2. The Morgan fingerprint density at radius 2 is 1.78 bits per heavy atom. The van der Waals surface area contributed by atoms with Gasteiger partial charge in [-0.25, -0.2) is 8.68 Å². The molecule has 2 fully saturated rings. The molecule has 1 aliphatic carbocycles. The maximum Gasteiger partial charge on any atom is 0.514 e.